The monoisotopic (exact) mass is 539 g/mol. The van der Waals surface area contributed by atoms with Gasteiger partial charge in [-0.05, 0) is 93.4 Å². The molecule has 0 amide bonds. The van der Waals surface area contributed by atoms with Crippen molar-refractivity contribution in [2.75, 3.05) is 6.61 Å². The fourth-order valence-electron chi connectivity index (χ4n) is 2.63. The molecular weight excluding hydrogens is 498 g/mol. The summed E-state index contributed by atoms with van der Waals surface area (Å²) < 4.78 is 31.3. The van der Waals surface area contributed by atoms with E-state index in [1.807, 2.05) is 0 Å². The van der Waals surface area contributed by atoms with E-state index >= 15 is 0 Å². The fourth-order valence-corrected chi connectivity index (χ4v) is 2.63. The maximum atomic E-state index is 12.5. The van der Waals surface area contributed by atoms with Gasteiger partial charge >= 0.3 is 24.2 Å². The minimum Gasteiger partial charge on any atom is -0.461 e. The van der Waals surface area contributed by atoms with Gasteiger partial charge in [0.2, 0.25) is 0 Å². The van der Waals surface area contributed by atoms with Gasteiger partial charge in [0, 0.05) is 0 Å². The first-order chi connectivity index (χ1) is 17.2. The number of nitrogens with two attached hydrogens (primary N) is 1. The van der Waals surface area contributed by atoms with E-state index in [-0.39, 0.29) is 24.5 Å². The van der Waals surface area contributed by atoms with Crippen LogP contribution in [-0.2, 0) is 35.0 Å². The van der Waals surface area contributed by atoms with Crippen molar-refractivity contribution in [3.8, 4) is 11.5 Å². The summed E-state index contributed by atoms with van der Waals surface area (Å²) in [6.07, 6.45) is -2.73. The van der Waals surface area contributed by atoms with Crippen LogP contribution < -0.4 is 15.2 Å². The van der Waals surface area contributed by atoms with Crippen molar-refractivity contribution in [1.82, 2.24) is 0 Å². The number of rotatable bonds is 8. The summed E-state index contributed by atoms with van der Waals surface area (Å²) in [4.78, 5) is 48.8. The molecule has 1 aromatic carbocycles. The minimum atomic E-state index is -1.08. The molecule has 0 aliphatic carbocycles. The lowest BCUT2D eigenvalue weighted by Gasteiger charge is -2.21. The van der Waals surface area contributed by atoms with Crippen LogP contribution in [-0.4, -0.2) is 54.2 Å². The molecule has 2 N–H and O–H groups in total. The van der Waals surface area contributed by atoms with Gasteiger partial charge in [0.1, 0.15) is 30.0 Å². The Balaban J connectivity index is 2.97. The Bertz CT molecular complexity index is 999. The third kappa shape index (κ3) is 12.8. The van der Waals surface area contributed by atoms with Crippen molar-refractivity contribution >= 4 is 24.2 Å². The average Bonchev–Trinajstić information content (AvgIpc) is 2.70. The second-order valence-corrected chi connectivity index (χ2v) is 11.8. The van der Waals surface area contributed by atoms with E-state index in [1.165, 1.54) is 12.1 Å². The van der Waals surface area contributed by atoms with E-state index in [2.05, 4.69) is 0 Å². The molecule has 11 nitrogen and oxygen atoms in total. The summed E-state index contributed by atoms with van der Waals surface area (Å²) in [6, 6.07) is 3.24. The van der Waals surface area contributed by atoms with E-state index < -0.39 is 53.0 Å². The van der Waals surface area contributed by atoms with Crippen LogP contribution in [0.2, 0.25) is 0 Å². The summed E-state index contributed by atoms with van der Waals surface area (Å²) in [5.41, 5.74) is 4.19. The molecule has 0 spiro atoms. The van der Waals surface area contributed by atoms with E-state index in [1.54, 1.807) is 75.3 Å². The normalized spacial score (nSPS) is 13.6. The SMILES string of the molecule is C[C@@H](COC(=O)C(C)(C)C)OC(=O)[C@@H](N)Cc1ccc(OC(=O)OC(C)(C)C)c(OC(=O)OC(C)(C)C)c1. The number of carbonyl (C=O) groups is 4. The molecule has 0 bridgehead atoms. The lowest BCUT2D eigenvalue weighted by atomic mass is 9.97. The lowest BCUT2D eigenvalue weighted by molar-refractivity contribution is -0.163. The lowest BCUT2D eigenvalue weighted by Crippen LogP contribution is -2.37. The zero-order chi connectivity index (χ0) is 29.5. The highest BCUT2D eigenvalue weighted by atomic mass is 16.8. The van der Waals surface area contributed by atoms with Gasteiger partial charge in [-0.15, -0.1) is 0 Å². The topological polar surface area (TPSA) is 150 Å². The van der Waals surface area contributed by atoms with Gasteiger partial charge in [-0.1, -0.05) is 6.07 Å². The van der Waals surface area contributed by atoms with Gasteiger partial charge in [0.15, 0.2) is 11.5 Å². The van der Waals surface area contributed by atoms with Crippen LogP contribution in [0.25, 0.3) is 0 Å². The molecular formula is C27H41NO10. The van der Waals surface area contributed by atoms with Gasteiger partial charge in [0.25, 0.3) is 0 Å². The van der Waals surface area contributed by atoms with Crippen molar-refractivity contribution in [3.63, 3.8) is 0 Å². The molecule has 0 aromatic heterocycles. The molecule has 38 heavy (non-hydrogen) atoms. The van der Waals surface area contributed by atoms with Crippen molar-refractivity contribution in [2.45, 2.75) is 99.0 Å². The van der Waals surface area contributed by atoms with Gasteiger partial charge in [0.05, 0.1) is 5.41 Å². The zero-order valence-corrected chi connectivity index (χ0v) is 24.0. The predicted molar refractivity (Wildman–Crippen MR) is 138 cm³/mol. The molecule has 0 aliphatic heterocycles. The second-order valence-electron chi connectivity index (χ2n) is 11.8. The molecule has 0 unspecified atom stereocenters. The van der Waals surface area contributed by atoms with E-state index in [9.17, 15) is 19.2 Å². The van der Waals surface area contributed by atoms with Gasteiger partial charge in [-0.2, -0.15) is 0 Å². The molecule has 0 aliphatic rings. The molecule has 0 fully saturated rings. The number of carbonyl (C=O) groups excluding carboxylic acids is 4. The Labute approximate surface area is 224 Å². The van der Waals surface area contributed by atoms with Crippen molar-refractivity contribution in [1.29, 1.82) is 0 Å². The summed E-state index contributed by atoms with van der Waals surface area (Å²) in [7, 11) is 0. The maximum absolute atomic E-state index is 12.5. The molecule has 2 atom stereocenters. The van der Waals surface area contributed by atoms with Crippen LogP contribution in [0, 0.1) is 5.41 Å². The highest BCUT2D eigenvalue weighted by Gasteiger charge is 2.26. The van der Waals surface area contributed by atoms with Crippen LogP contribution in [0.15, 0.2) is 18.2 Å². The van der Waals surface area contributed by atoms with Crippen molar-refractivity contribution in [2.24, 2.45) is 11.1 Å². The molecule has 11 heteroatoms. The second kappa shape index (κ2) is 12.9. The van der Waals surface area contributed by atoms with Crippen LogP contribution in [0.1, 0.15) is 74.8 Å². The van der Waals surface area contributed by atoms with Crippen molar-refractivity contribution < 1.29 is 47.6 Å². The summed E-state index contributed by atoms with van der Waals surface area (Å²) in [5, 5.41) is 0. The first kappa shape index (κ1) is 32.7. The third-order valence-corrected chi connectivity index (χ3v) is 4.31. The number of esters is 2. The average molecular weight is 540 g/mol. The number of hydrogen-bond donors (Lipinski definition) is 1. The van der Waals surface area contributed by atoms with Gasteiger partial charge in [-0.3, -0.25) is 9.59 Å². The Kier molecular flexibility index (Phi) is 11.1. The molecule has 1 aromatic rings. The van der Waals surface area contributed by atoms with Gasteiger partial charge < -0.3 is 34.2 Å². The molecule has 0 radical (unpaired) electrons. The molecule has 0 heterocycles. The van der Waals surface area contributed by atoms with Gasteiger partial charge in [-0.25, -0.2) is 9.59 Å². The summed E-state index contributed by atoms with van der Waals surface area (Å²) >= 11 is 0. The third-order valence-electron chi connectivity index (χ3n) is 4.31. The Hall–Kier alpha value is -3.34. The van der Waals surface area contributed by atoms with E-state index in [0.29, 0.717) is 5.56 Å². The molecule has 0 saturated carbocycles. The maximum Gasteiger partial charge on any atom is 0.514 e. The molecule has 0 saturated heterocycles. The number of benzene rings is 1. The number of ether oxygens (including phenoxy) is 6. The first-order valence-electron chi connectivity index (χ1n) is 12.2. The fraction of sp³-hybridized carbons (Fsp3) is 0.630. The predicted octanol–water partition coefficient (Wildman–Crippen LogP) is 4.71. The molecule has 1 rings (SSSR count). The number of hydrogen-bond acceptors (Lipinski definition) is 11. The largest absolute Gasteiger partial charge is 0.514 e. The highest BCUT2D eigenvalue weighted by Crippen LogP contribution is 2.31. The van der Waals surface area contributed by atoms with E-state index in [0.717, 1.165) is 0 Å². The highest BCUT2D eigenvalue weighted by molar-refractivity contribution is 5.77. The summed E-state index contributed by atoms with van der Waals surface area (Å²) in [5.74, 6) is -1.37. The standard InChI is InChI=1S/C27H41NO10/c1-16(15-33-22(30)25(2,3)4)34-21(29)18(28)13-17-11-12-19(35-23(31)37-26(5,6)7)20(14-17)36-24(32)38-27(8,9)10/h11-12,14,16,18H,13,15,28H2,1-10H3/t16-,18-/m0/s1. The Morgan fingerprint density at radius 3 is 1.79 bits per heavy atom. The van der Waals surface area contributed by atoms with Crippen LogP contribution in [0.5, 0.6) is 11.5 Å². The van der Waals surface area contributed by atoms with Crippen LogP contribution in [0.4, 0.5) is 9.59 Å². The van der Waals surface area contributed by atoms with E-state index in [4.69, 9.17) is 34.2 Å². The Morgan fingerprint density at radius 1 is 0.816 bits per heavy atom. The zero-order valence-electron chi connectivity index (χ0n) is 24.0. The van der Waals surface area contributed by atoms with Crippen molar-refractivity contribution in [3.05, 3.63) is 23.8 Å². The van der Waals surface area contributed by atoms with Crippen LogP contribution >= 0.6 is 0 Å². The first-order valence-corrected chi connectivity index (χ1v) is 12.2. The quantitative estimate of drug-likeness (QED) is 0.278. The minimum absolute atomic E-state index is 0.00469. The smallest absolute Gasteiger partial charge is 0.461 e. The van der Waals surface area contributed by atoms with Crippen LogP contribution in [0.3, 0.4) is 0 Å². The Morgan fingerprint density at radius 2 is 1.32 bits per heavy atom. The molecule has 214 valence electrons. The summed E-state index contributed by atoms with van der Waals surface area (Å²) in [6.45, 7) is 16.6.